The third-order valence-corrected chi connectivity index (χ3v) is 4.15. The number of nitrogens with zero attached hydrogens (tertiary/aromatic N) is 4. The fourth-order valence-corrected chi connectivity index (χ4v) is 2.55. The third kappa shape index (κ3) is 4.71. The average molecular weight is 386 g/mol. The summed E-state index contributed by atoms with van der Waals surface area (Å²) in [6.07, 6.45) is 2.37. The first-order valence-electron chi connectivity index (χ1n) is 6.81. The van der Waals surface area contributed by atoms with Crippen molar-refractivity contribution in [3.8, 4) is 0 Å². The van der Waals surface area contributed by atoms with Crippen molar-refractivity contribution in [2.75, 3.05) is 13.6 Å². The van der Waals surface area contributed by atoms with Gasteiger partial charge in [-0.1, -0.05) is 27.5 Å². The second-order valence-corrected chi connectivity index (χ2v) is 5.93. The Morgan fingerprint density at radius 3 is 2.91 bits per heavy atom. The Morgan fingerprint density at radius 1 is 1.41 bits per heavy atom. The molecule has 1 aromatic carbocycles. The number of hydrogen-bond donors (Lipinski definition) is 2. The van der Waals surface area contributed by atoms with Crippen molar-refractivity contribution in [1.29, 1.82) is 0 Å². The highest BCUT2D eigenvalue weighted by atomic mass is 79.9. The Balaban J connectivity index is 1.81. The maximum atomic E-state index is 6.01. The Labute approximate surface area is 143 Å². The normalized spacial score (nSPS) is 11.5. The van der Waals surface area contributed by atoms with Gasteiger partial charge in [-0.05, 0) is 30.2 Å². The lowest BCUT2D eigenvalue weighted by atomic mass is 10.1. The van der Waals surface area contributed by atoms with Crippen molar-refractivity contribution in [1.82, 2.24) is 25.4 Å². The summed E-state index contributed by atoms with van der Waals surface area (Å²) in [5.41, 5.74) is 1.16. The quantitative estimate of drug-likeness (QED) is 0.611. The minimum atomic E-state index is 0.567. The topological polar surface area (TPSA) is 67.1 Å². The number of nitrogens with one attached hydrogen (secondary N) is 2. The maximum Gasteiger partial charge on any atom is 0.191 e. The predicted octanol–water partition coefficient (Wildman–Crippen LogP) is 2.14. The van der Waals surface area contributed by atoms with Crippen LogP contribution in [0.4, 0.5) is 0 Å². The molecule has 8 heteroatoms. The van der Waals surface area contributed by atoms with Crippen LogP contribution >= 0.6 is 27.5 Å². The van der Waals surface area contributed by atoms with Gasteiger partial charge in [0.25, 0.3) is 0 Å². The molecule has 1 aromatic heterocycles. The molecule has 0 saturated carbocycles. The van der Waals surface area contributed by atoms with Gasteiger partial charge in [-0.3, -0.25) is 9.67 Å². The van der Waals surface area contributed by atoms with Crippen molar-refractivity contribution in [3.05, 3.63) is 45.4 Å². The highest BCUT2D eigenvalue weighted by Gasteiger charge is 2.04. The Hall–Kier alpha value is -1.60. The van der Waals surface area contributed by atoms with Crippen LogP contribution in [0.25, 0.3) is 0 Å². The Bertz CT molecular complexity index is 655. The molecule has 0 amide bonds. The van der Waals surface area contributed by atoms with Crippen molar-refractivity contribution in [2.24, 2.45) is 12.0 Å². The molecule has 1 heterocycles. The monoisotopic (exact) mass is 384 g/mol. The molecule has 0 radical (unpaired) electrons. The average Bonchev–Trinajstić information content (AvgIpc) is 2.91. The molecule has 0 unspecified atom stereocenters. The zero-order valence-electron chi connectivity index (χ0n) is 12.5. The van der Waals surface area contributed by atoms with E-state index in [0.717, 1.165) is 39.8 Å². The van der Waals surface area contributed by atoms with Crippen molar-refractivity contribution in [3.63, 3.8) is 0 Å². The molecule has 2 N–H and O–H groups in total. The van der Waals surface area contributed by atoms with Gasteiger partial charge < -0.3 is 10.6 Å². The number of hydrogen-bond acceptors (Lipinski definition) is 3. The molecule has 0 aliphatic heterocycles. The first-order chi connectivity index (χ1) is 10.6. The number of benzene rings is 1. The lowest BCUT2D eigenvalue weighted by molar-refractivity contribution is 0.672. The SMILES string of the molecule is CN=C(NCCc1cc(Cl)ccc1Br)NCc1ncnn1C. The fourth-order valence-electron chi connectivity index (χ4n) is 1.91. The molecule has 22 heavy (non-hydrogen) atoms. The van der Waals surface area contributed by atoms with Crippen LogP contribution in [0.3, 0.4) is 0 Å². The van der Waals surface area contributed by atoms with Gasteiger partial charge in [0.1, 0.15) is 12.2 Å². The van der Waals surface area contributed by atoms with E-state index in [-0.39, 0.29) is 0 Å². The van der Waals surface area contributed by atoms with Gasteiger partial charge in [0.05, 0.1) is 6.54 Å². The number of aliphatic imine (C=N–C) groups is 1. The van der Waals surface area contributed by atoms with E-state index >= 15 is 0 Å². The van der Waals surface area contributed by atoms with Gasteiger partial charge >= 0.3 is 0 Å². The molecule has 0 atom stereocenters. The predicted molar refractivity (Wildman–Crippen MR) is 92.1 cm³/mol. The lowest BCUT2D eigenvalue weighted by Crippen LogP contribution is -2.38. The van der Waals surface area contributed by atoms with E-state index < -0.39 is 0 Å². The van der Waals surface area contributed by atoms with Crippen LogP contribution < -0.4 is 10.6 Å². The fraction of sp³-hybridized carbons (Fsp3) is 0.357. The third-order valence-electron chi connectivity index (χ3n) is 3.14. The molecule has 2 rings (SSSR count). The van der Waals surface area contributed by atoms with E-state index in [0.29, 0.717) is 6.54 Å². The highest BCUT2D eigenvalue weighted by Crippen LogP contribution is 2.21. The smallest absolute Gasteiger partial charge is 0.191 e. The molecule has 118 valence electrons. The van der Waals surface area contributed by atoms with Crippen LogP contribution in [-0.4, -0.2) is 34.3 Å². The van der Waals surface area contributed by atoms with Crippen LogP contribution in [0.2, 0.25) is 5.02 Å². The summed E-state index contributed by atoms with van der Waals surface area (Å²) in [4.78, 5) is 8.34. The Kier molecular flexibility index (Phi) is 6.21. The lowest BCUT2D eigenvalue weighted by Gasteiger charge is -2.12. The molecule has 2 aromatic rings. The number of guanidine groups is 1. The minimum Gasteiger partial charge on any atom is -0.356 e. The summed E-state index contributed by atoms with van der Waals surface area (Å²) in [5.74, 6) is 1.57. The van der Waals surface area contributed by atoms with E-state index in [1.165, 1.54) is 6.33 Å². The summed E-state index contributed by atoms with van der Waals surface area (Å²) in [5, 5.41) is 11.2. The number of halogens is 2. The molecule has 0 saturated heterocycles. The van der Waals surface area contributed by atoms with Crippen LogP contribution in [0.1, 0.15) is 11.4 Å². The van der Waals surface area contributed by atoms with Crippen LogP contribution in [-0.2, 0) is 20.0 Å². The summed E-state index contributed by atoms with van der Waals surface area (Å²) >= 11 is 9.54. The minimum absolute atomic E-state index is 0.567. The standard InChI is InChI=1S/C14H18BrClN6/c1-17-14(19-8-13-20-9-21-22(13)2)18-6-5-10-7-11(16)3-4-12(10)15/h3-4,7,9H,5-6,8H2,1-2H3,(H2,17,18,19). The van der Waals surface area contributed by atoms with E-state index in [1.54, 1.807) is 11.7 Å². The van der Waals surface area contributed by atoms with Crippen LogP contribution in [0.15, 0.2) is 34.0 Å². The van der Waals surface area contributed by atoms with Gasteiger partial charge in [-0.2, -0.15) is 5.10 Å². The van der Waals surface area contributed by atoms with E-state index in [9.17, 15) is 0 Å². The molecule has 0 fully saturated rings. The second kappa shape index (κ2) is 8.14. The van der Waals surface area contributed by atoms with Gasteiger partial charge in [0.15, 0.2) is 5.96 Å². The van der Waals surface area contributed by atoms with Crippen molar-refractivity contribution in [2.45, 2.75) is 13.0 Å². The number of rotatable bonds is 5. The van der Waals surface area contributed by atoms with Gasteiger partial charge in [-0.15, -0.1) is 0 Å². The number of aryl methyl sites for hydroxylation is 1. The molecule has 6 nitrogen and oxygen atoms in total. The first kappa shape index (κ1) is 16.8. The largest absolute Gasteiger partial charge is 0.356 e. The molecule has 0 aliphatic rings. The van der Waals surface area contributed by atoms with Crippen LogP contribution in [0, 0.1) is 0 Å². The highest BCUT2D eigenvalue weighted by molar-refractivity contribution is 9.10. The van der Waals surface area contributed by atoms with Gasteiger partial charge in [0, 0.05) is 30.1 Å². The molecule has 0 bridgehead atoms. The molecule has 0 aliphatic carbocycles. The van der Waals surface area contributed by atoms with E-state index in [1.807, 2.05) is 25.2 Å². The number of aromatic nitrogens is 3. The molecular weight excluding hydrogens is 368 g/mol. The van der Waals surface area contributed by atoms with E-state index in [2.05, 4.69) is 41.6 Å². The van der Waals surface area contributed by atoms with Crippen molar-refractivity contribution < 1.29 is 0 Å². The summed E-state index contributed by atoms with van der Waals surface area (Å²) < 4.78 is 2.78. The summed E-state index contributed by atoms with van der Waals surface area (Å²) in [6, 6.07) is 5.78. The van der Waals surface area contributed by atoms with Crippen LogP contribution in [0.5, 0.6) is 0 Å². The molecule has 0 spiro atoms. The zero-order valence-corrected chi connectivity index (χ0v) is 14.8. The second-order valence-electron chi connectivity index (χ2n) is 4.64. The zero-order chi connectivity index (χ0) is 15.9. The maximum absolute atomic E-state index is 6.01. The van der Waals surface area contributed by atoms with E-state index in [4.69, 9.17) is 11.6 Å². The van der Waals surface area contributed by atoms with Gasteiger partial charge in [0.2, 0.25) is 0 Å². The molecular formula is C14H18BrClN6. The summed E-state index contributed by atoms with van der Waals surface area (Å²) in [7, 11) is 3.60. The first-order valence-corrected chi connectivity index (χ1v) is 7.98. The van der Waals surface area contributed by atoms with Crippen molar-refractivity contribution >= 4 is 33.5 Å². The van der Waals surface area contributed by atoms with Gasteiger partial charge in [-0.25, -0.2) is 4.98 Å². The summed E-state index contributed by atoms with van der Waals surface area (Å²) in [6.45, 7) is 1.31. The Morgan fingerprint density at radius 2 is 2.23 bits per heavy atom.